The second-order valence-electron chi connectivity index (χ2n) is 8.54. The van der Waals surface area contributed by atoms with Gasteiger partial charge in [0.05, 0.1) is 26.4 Å². The van der Waals surface area contributed by atoms with Gasteiger partial charge in [0.25, 0.3) is 5.91 Å². The fraction of sp³-hybridized carbons (Fsp3) is 0.542. The number of rotatable bonds is 6. The highest BCUT2D eigenvalue weighted by Crippen LogP contribution is 2.23. The van der Waals surface area contributed by atoms with Gasteiger partial charge in [0.15, 0.2) is 0 Å². The van der Waals surface area contributed by atoms with Crippen molar-refractivity contribution in [3.63, 3.8) is 0 Å². The van der Waals surface area contributed by atoms with Gasteiger partial charge in [0.1, 0.15) is 12.3 Å². The molecule has 33 heavy (non-hydrogen) atoms. The van der Waals surface area contributed by atoms with E-state index < -0.39 is 0 Å². The number of carbonyl (C=O) groups is 1. The van der Waals surface area contributed by atoms with Crippen LogP contribution in [0.4, 0.5) is 5.95 Å². The summed E-state index contributed by atoms with van der Waals surface area (Å²) in [6.45, 7) is 8.55. The van der Waals surface area contributed by atoms with Crippen LogP contribution in [-0.2, 0) is 22.4 Å². The van der Waals surface area contributed by atoms with Crippen LogP contribution in [0.25, 0.3) is 0 Å². The fourth-order valence-corrected chi connectivity index (χ4v) is 4.44. The van der Waals surface area contributed by atoms with Crippen LogP contribution < -0.4 is 9.64 Å². The lowest BCUT2D eigenvalue weighted by atomic mass is 10.00. The fourth-order valence-electron chi connectivity index (χ4n) is 4.44. The largest absolute Gasteiger partial charge is 0.476 e. The number of hydrogen-bond donors (Lipinski definition) is 0. The van der Waals surface area contributed by atoms with E-state index in [0.29, 0.717) is 63.5 Å². The summed E-state index contributed by atoms with van der Waals surface area (Å²) in [6.07, 6.45) is 0.853. The maximum atomic E-state index is 13.4. The smallest absolute Gasteiger partial charge is 0.273 e. The van der Waals surface area contributed by atoms with Crippen molar-refractivity contribution in [1.82, 2.24) is 19.8 Å². The van der Waals surface area contributed by atoms with Crippen molar-refractivity contribution in [2.75, 3.05) is 77.2 Å². The summed E-state index contributed by atoms with van der Waals surface area (Å²) in [6, 6.07) is 9.99. The molecule has 0 aliphatic carbocycles. The van der Waals surface area contributed by atoms with Crippen LogP contribution in [0.2, 0.25) is 0 Å². The molecule has 4 heterocycles. The molecule has 0 radical (unpaired) electrons. The van der Waals surface area contributed by atoms with Gasteiger partial charge in [-0.05, 0) is 17.5 Å². The first-order chi connectivity index (χ1) is 16.3. The van der Waals surface area contributed by atoms with E-state index in [1.54, 1.807) is 6.07 Å². The number of anilines is 1. The predicted octanol–water partition coefficient (Wildman–Crippen LogP) is 1.22. The highest BCUT2D eigenvalue weighted by atomic mass is 16.5. The van der Waals surface area contributed by atoms with Crippen molar-refractivity contribution in [2.24, 2.45) is 0 Å². The van der Waals surface area contributed by atoms with Gasteiger partial charge in [-0.15, -0.1) is 0 Å². The topological polar surface area (TPSA) is 80.3 Å². The van der Waals surface area contributed by atoms with E-state index in [9.17, 15) is 4.79 Å². The zero-order valence-corrected chi connectivity index (χ0v) is 18.9. The molecule has 0 bridgehead atoms. The molecule has 3 aliphatic heterocycles. The Balaban J connectivity index is 1.32. The second kappa shape index (κ2) is 10.5. The number of ether oxygens (including phenoxy) is 3. The lowest BCUT2D eigenvalue weighted by Crippen LogP contribution is -2.39. The van der Waals surface area contributed by atoms with Crippen molar-refractivity contribution in [3.8, 4) is 5.88 Å². The SMILES string of the molecule is O=C(c1cc(OCCN2CCOCC2)nc(N2CCOCC2)n1)N1CCc2ccccc2C1. The Morgan fingerprint density at radius 1 is 0.939 bits per heavy atom. The number of nitrogens with zero attached hydrogens (tertiary/aromatic N) is 5. The van der Waals surface area contributed by atoms with E-state index in [1.165, 1.54) is 11.1 Å². The molecule has 1 aromatic heterocycles. The molecule has 1 aromatic carbocycles. The van der Waals surface area contributed by atoms with Crippen LogP contribution in [-0.4, -0.2) is 98.0 Å². The minimum atomic E-state index is -0.0839. The van der Waals surface area contributed by atoms with Crippen LogP contribution in [0, 0.1) is 0 Å². The molecule has 9 nitrogen and oxygen atoms in total. The van der Waals surface area contributed by atoms with Gasteiger partial charge in [-0.1, -0.05) is 24.3 Å². The number of carbonyl (C=O) groups excluding carboxylic acids is 1. The molecule has 9 heteroatoms. The summed E-state index contributed by atoms with van der Waals surface area (Å²) in [5.41, 5.74) is 2.89. The Morgan fingerprint density at radius 3 is 2.45 bits per heavy atom. The molecule has 2 fully saturated rings. The third-order valence-corrected chi connectivity index (χ3v) is 6.38. The zero-order chi connectivity index (χ0) is 22.5. The van der Waals surface area contributed by atoms with Crippen LogP contribution in [0.1, 0.15) is 21.6 Å². The Labute approximate surface area is 194 Å². The number of fused-ring (bicyclic) bond motifs is 1. The lowest BCUT2D eigenvalue weighted by molar-refractivity contribution is 0.0319. The van der Waals surface area contributed by atoms with Gasteiger partial charge in [-0.2, -0.15) is 4.98 Å². The minimum Gasteiger partial charge on any atom is -0.476 e. The van der Waals surface area contributed by atoms with E-state index in [4.69, 9.17) is 14.2 Å². The normalized spacial score (nSPS) is 19.3. The number of benzene rings is 1. The third kappa shape index (κ3) is 5.43. The Kier molecular flexibility index (Phi) is 6.99. The summed E-state index contributed by atoms with van der Waals surface area (Å²) in [4.78, 5) is 28.9. The minimum absolute atomic E-state index is 0.0839. The molecule has 2 saturated heterocycles. The molecule has 5 rings (SSSR count). The van der Waals surface area contributed by atoms with Crippen molar-refractivity contribution >= 4 is 11.9 Å². The highest BCUT2D eigenvalue weighted by Gasteiger charge is 2.25. The maximum absolute atomic E-state index is 13.4. The molecule has 0 unspecified atom stereocenters. The summed E-state index contributed by atoms with van der Waals surface area (Å²) in [5.74, 6) is 0.892. The molecule has 2 aromatic rings. The predicted molar refractivity (Wildman–Crippen MR) is 123 cm³/mol. The quantitative estimate of drug-likeness (QED) is 0.646. The second-order valence-corrected chi connectivity index (χ2v) is 8.54. The molecule has 0 spiro atoms. The van der Waals surface area contributed by atoms with Gasteiger partial charge >= 0.3 is 0 Å². The molecule has 0 atom stereocenters. The number of morpholine rings is 2. The summed E-state index contributed by atoms with van der Waals surface area (Å²) in [7, 11) is 0. The van der Waals surface area contributed by atoms with Gasteiger partial charge in [0.2, 0.25) is 11.8 Å². The zero-order valence-electron chi connectivity index (χ0n) is 18.9. The van der Waals surface area contributed by atoms with Crippen LogP contribution in [0.5, 0.6) is 5.88 Å². The Bertz CT molecular complexity index is 960. The van der Waals surface area contributed by atoms with Crippen molar-refractivity contribution in [3.05, 3.63) is 47.2 Å². The van der Waals surface area contributed by atoms with Gasteiger partial charge in [-0.3, -0.25) is 9.69 Å². The van der Waals surface area contributed by atoms with Crippen molar-refractivity contribution in [2.45, 2.75) is 13.0 Å². The van der Waals surface area contributed by atoms with Crippen molar-refractivity contribution in [1.29, 1.82) is 0 Å². The summed E-state index contributed by atoms with van der Waals surface area (Å²) < 4.78 is 16.9. The maximum Gasteiger partial charge on any atom is 0.273 e. The summed E-state index contributed by atoms with van der Waals surface area (Å²) in [5, 5.41) is 0. The number of aromatic nitrogens is 2. The molecule has 0 saturated carbocycles. The molecule has 0 N–H and O–H groups in total. The van der Waals surface area contributed by atoms with Crippen molar-refractivity contribution < 1.29 is 19.0 Å². The van der Waals surface area contributed by atoms with E-state index in [-0.39, 0.29) is 5.91 Å². The highest BCUT2D eigenvalue weighted by molar-refractivity contribution is 5.93. The first-order valence-corrected chi connectivity index (χ1v) is 11.8. The van der Waals surface area contributed by atoms with Crippen LogP contribution >= 0.6 is 0 Å². The molecule has 3 aliphatic rings. The van der Waals surface area contributed by atoms with E-state index >= 15 is 0 Å². The Morgan fingerprint density at radius 2 is 1.67 bits per heavy atom. The standard InChI is InChI=1S/C24H31N5O4/c30-23(29-6-5-19-3-1-2-4-20(19)18-29)21-17-22(33-16-9-27-7-12-31-13-8-27)26-24(25-21)28-10-14-32-15-11-28/h1-4,17H,5-16,18H2. The van der Waals surface area contributed by atoms with Crippen LogP contribution in [0.3, 0.4) is 0 Å². The monoisotopic (exact) mass is 453 g/mol. The first kappa shape index (κ1) is 22.1. The third-order valence-electron chi connectivity index (χ3n) is 6.38. The van der Waals surface area contributed by atoms with E-state index in [0.717, 1.165) is 39.3 Å². The first-order valence-electron chi connectivity index (χ1n) is 11.8. The lowest BCUT2D eigenvalue weighted by Gasteiger charge is -2.30. The Hall–Kier alpha value is -2.75. The van der Waals surface area contributed by atoms with Gasteiger partial charge < -0.3 is 24.0 Å². The van der Waals surface area contributed by atoms with E-state index in [2.05, 4.69) is 38.0 Å². The van der Waals surface area contributed by atoms with Gasteiger partial charge in [-0.25, -0.2) is 4.98 Å². The summed E-state index contributed by atoms with van der Waals surface area (Å²) >= 11 is 0. The number of amides is 1. The average molecular weight is 454 g/mol. The number of hydrogen-bond acceptors (Lipinski definition) is 8. The molecular weight excluding hydrogens is 422 g/mol. The van der Waals surface area contributed by atoms with Crippen LogP contribution in [0.15, 0.2) is 30.3 Å². The van der Waals surface area contributed by atoms with Gasteiger partial charge in [0, 0.05) is 51.9 Å². The average Bonchev–Trinajstić information content (AvgIpc) is 2.89. The molecule has 1 amide bonds. The molecular formula is C24H31N5O4. The molecule has 176 valence electrons. The van der Waals surface area contributed by atoms with E-state index in [1.807, 2.05) is 11.0 Å².